The van der Waals surface area contributed by atoms with E-state index < -0.39 is 12.0 Å². The second-order valence-corrected chi connectivity index (χ2v) is 2.63. The Hall–Kier alpha value is -0.180. The maximum atomic E-state index is 12.4. The van der Waals surface area contributed by atoms with Crippen molar-refractivity contribution in [2.75, 3.05) is 0 Å². The van der Waals surface area contributed by atoms with Crippen molar-refractivity contribution in [1.29, 1.82) is 0 Å². The molecule has 1 saturated heterocycles. The van der Waals surface area contributed by atoms with E-state index in [4.69, 9.17) is 0 Å². The van der Waals surface area contributed by atoms with Gasteiger partial charge in [-0.2, -0.15) is 8.78 Å². The molecule has 3 heteroatoms. The van der Waals surface area contributed by atoms with Crippen molar-refractivity contribution in [2.45, 2.75) is 32.5 Å². The Morgan fingerprint density at radius 1 is 1.44 bits per heavy atom. The fourth-order valence-corrected chi connectivity index (χ4v) is 1.07. The third kappa shape index (κ3) is 1.21. The van der Waals surface area contributed by atoms with E-state index in [1.54, 1.807) is 6.92 Å². The third-order valence-corrected chi connectivity index (χ3v) is 1.62. The highest BCUT2D eigenvalue weighted by molar-refractivity contribution is 4.75. The number of rotatable bonds is 0. The van der Waals surface area contributed by atoms with Crippen LogP contribution in [0.1, 0.15) is 20.3 Å². The largest absolute Gasteiger partial charge is 0.358 e. The van der Waals surface area contributed by atoms with Crippen LogP contribution in [-0.2, 0) is 4.74 Å². The van der Waals surface area contributed by atoms with Crippen molar-refractivity contribution in [3.63, 3.8) is 0 Å². The molecule has 0 N–H and O–H groups in total. The van der Waals surface area contributed by atoms with Crippen LogP contribution in [0.15, 0.2) is 0 Å². The Kier molecular flexibility index (Phi) is 1.47. The molecule has 0 amide bonds. The Morgan fingerprint density at radius 2 is 2.00 bits per heavy atom. The summed E-state index contributed by atoms with van der Waals surface area (Å²) in [6.07, 6.45) is -2.69. The van der Waals surface area contributed by atoms with Crippen molar-refractivity contribution < 1.29 is 13.5 Å². The van der Waals surface area contributed by atoms with Gasteiger partial charge in [0.25, 0.3) is 0 Å². The number of hydrogen-bond acceptors (Lipinski definition) is 1. The van der Waals surface area contributed by atoms with E-state index in [9.17, 15) is 8.78 Å². The summed E-state index contributed by atoms with van der Waals surface area (Å²) in [5.74, 6) is -0.618. The maximum Gasteiger partial charge on any atom is 0.358 e. The molecule has 0 aromatic heterocycles. The van der Waals surface area contributed by atoms with Gasteiger partial charge in [-0.1, -0.05) is 6.92 Å². The zero-order valence-electron chi connectivity index (χ0n) is 5.53. The summed E-state index contributed by atoms with van der Waals surface area (Å²) in [4.78, 5) is 0. The molecule has 0 saturated carbocycles. The average molecular weight is 136 g/mol. The normalized spacial score (nSPS) is 41.3. The van der Waals surface area contributed by atoms with E-state index in [0.29, 0.717) is 6.42 Å². The molecular weight excluding hydrogens is 126 g/mol. The highest BCUT2D eigenvalue weighted by Gasteiger charge is 2.45. The second-order valence-electron chi connectivity index (χ2n) is 2.63. The van der Waals surface area contributed by atoms with E-state index in [2.05, 4.69) is 4.74 Å². The highest BCUT2D eigenvalue weighted by atomic mass is 19.3. The van der Waals surface area contributed by atoms with Gasteiger partial charge in [0, 0.05) is 5.92 Å². The van der Waals surface area contributed by atoms with E-state index in [1.165, 1.54) is 6.92 Å². The molecule has 1 heterocycles. The van der Waals surface area contributed by atoms with Gasteiger partial charge in [0.1, 0.15) is 0 Å². The van der Waals surface area contributed by atoms with Crippen LogP contribution >= 0.6 is 0 Å². The van der Waals surface area contributed by atoms with Crippen molar-refractivity contribution in [2.24, 2.45) is 5.92 Å². The topological polar surface area (TPSA) is 9.23 Å². The van der Waals surface area contributed by atoms with E-state index in [0.717, 1.165) is 0 Å². The van der Waals surface area contributed by atoms with Crippen molar-refractivity contribution in [3.05, 3.63) is 0 Å². The number of halogens is 2. The van der Waals surface area contributed by atoms with Crippen LogP contribution in [0.4, 0.5) is 8.78 Å². The molecule has 0 radical (unpaired) electrons. The predicted octanol–water partition coefficient (Wildman–Crippen LogP) is 2.02. The molecule has 0 aromatic rings. The zero-order chi connectivity index (χ0) is 7.07. The van der Waals surface area contributed by atoms with Crippen LogP contribution in [0.25, 0.3) is 0 Å². The minimum atomic E-state index is -2.88. The SMILES string of the molecule is CC1CC(C)C(F)(F)O1. The molecule has 1 fully saturated rings. The summed E-state index contributed by atoms with van der Waals surface area (Å²) in [5.41, 5.74) is 0. The molecule has 1 rings (SSSR count). The van der Waals surface area contributed by atoms with Gasteiger partial charge < -0.3 is 4.74 Å². The Bertz CT molecular complexity index is 114. The smallest absolute Gasteiger partial charge is 0.317 e. The van der Waals surface area contributed by atoms with Gasteiger partial charge in [-0.3, -0.25) is 0 Å². The first-order valence-corrected chi connectivity index (χ1v) is 3.08. The van der Waals surface area contributed by atoms with Gasteiger partial charge >= 0.3 is 6.11 Å². The highest BCUT2D eigenvalue weighted by Crippen LogP contribution is 2.37. The Morgan fingerprint density at radius 3 is 2.11 bits per heavy atom. The summed E-state index contributed by atoms with van der Waals surface area (Å²) in [5, 5.41) is 0. The molecule has 0 aliphatic carbocycles. The number of hydrogen-bond donors (Lipinski definition) is 0. The Balaban J connectivity index is 2.58. The molecule has 0 aromatic carbocycles. The lowest BCUT2D eigenvalue weighted by atomic mass is 10.1. The van der Waals surface area contributed by atoms with Crippen molar-refractivity contribution >= 4 is 0 Å². The Labute approximate surface area is 53.0 Å². The fraction of sp³-hybridized carbons (Fsp3) is 1.00. The summed E-state index contributed by atoms with van der Waals surface area (Å²) >= 11 is 0. The molecule has 9 heavy (non-hydrogen) atoms. The summed E-state index contributed by atoms with van der Waals surface area (Å²) in [7, 11) is 0. The van der Waals surface area contributed by atoms with Gasteiger partial charge in [-0.05, 0) is 13.3 Å². The molecule has 0 bridgehead atoms. The van der Waals surface area contributed by atoms with Crippen LogP contribution in [0, 0.1) is 5.92 Å². The molecule has 2 atom stereocenters. The second kappa shape index (κ2) is 1.90. The standard InChI is InChI=1S/C6H10F2O/c1-4-3-5(2)9-6(4,7)8/h4-5H,3H2,1-2H3. The van der Waals surface area contributed by atoms with Crippen LogP contribution < -0.4 is 0 Å². The summed E-state index contributed by atoms with van der Waals surface area (Å²) in [6, 6.07) is 0. The first kappa shape index (κ1) is 6.93. The number of ether oxygens (including phenoxy) is 1. The van der Waals surface area contributed by atoms with Gasteiger partial charge in [-0.15, -0.1) is 0 Å². The molecule has 1 aliphatic rings. The van der Waals surface area contributed by atoms with E-state index in [-0.39, 0.29) is 6.10 Å². The maximum absolute atomic E-state index is 12.4. The third-order valence-electron chi connectivity index (χ3n) is 1.62. The monoisotopic (exact) mass is 136 g/mol. The predicted molar refractivity (Wildman–Crippen MR) is 29.3 cm³/mol. The van der Waals surface area contributed by atoms with Crippen molar-refractivity contribution in [3.8, 4) is 0 Å². The molecule has 1 nitrogen and oxygen atoms in total. The van der Waals surface area contributed by atoms with Gasteiger partial charge in [0.05, 0.1) is 6.10 Å². The van der Waals surface area contributed by atoms with Gasteiger partial charge in [0.15, 0.2) is 0 Å². The van der Waals surface area contributed by atoms with Crippen LogP contribution in [0.5, 0.6) is 0 Å². The number of alkyl halides is 2. The fourth-order valence-electron chi connectivity index (χ4n) is 1.07. The minimum Gasteiger partial charge on any atom is -0.317 e. The van der Waals surface area contributed by atoms with Crippen LogP contribution in [0.3, 0.4) is 0 Å². The van der Waals surface area contributed by atoms with E-state index >= 15 is 0 Å². The molecule has 2 unspecified atom stereocenters. The zero-order valence-corrected chi connectivity index (χ0v) is 5.53. The summed E-state index contributed by atoms with van der Waals surface area (Å²) < 4.78 is 29.1. The molecule has 0 spiro atoms. The molecular formula is C6H10F2O. The molecule has 1 aliphatic heterocycles. The van der Waals surface area contributed by atoms with Crippen LogP contribution in [-0.4, -0.2) is 12.2 Å². The quantitative estimate of drug-likeness (QED) is 0.495. The van der Waals surface area contributed by atoms with Crippen LogP contribution in [0.2, 0.25) is 0 Å². The van der Waals surface area contributed by atoms with Crippen molar-refractivity contribution in [1.82, 2.24) is 0 Å². The first-order chi connectivity index (χ1) is 4.02. The van der Waals surface area contributed by atoms with Gasteiger partial charge in [-0.25, -0.2) is 0 Å². The molecule has 54 valence electrons. The lowest BCUT2D eigenvalue weighted by Crippen LogP contribution is -2.21. The lowest BCUT2D eigenvalue weighted by Gasteiger charge is -2.11. The lowest BCUT2D eigenvalue weighted by molar-refractivity contribution is -0.241. The van der Waals surface area contributed by atoms with E-state index in [1.807, 2.05) is 0 Å². The van der Waals surface area contributed by atoms with Gasteiger partial charge in [0.2, 0.25) is 0 Å². The first-order valence-electron chi connectivity index (χ1n) is 3.08. The summed E-state index contributed by atoms with van der Waals surface area (Å²) in [6.45, 7) is 3.17. The minimum absolute atomic E-state index is 0.282. The average Bonchev–Trinajstić information content (AvgIpc) is 1.79.